The highest BCUT2D eigenvalue weighted by atomic mass is 14.3. The fourth-order valence-corrected chi connectivity index (χ4v) is 0.788. The molecule has 0 amide bonds. The van der Waals surface area contributed by atoms with Gasteiger partial charge in [-0.3, -0.25) is 0 Å². The predicted octanol–water partition coefficient (Wildman–Crippen LogP) is 3.14. The first-order valence-electron chi connectivity index (χ1n) is 4.00. The first kappa shape index (κ1) is 10.2. The van der Waals surface area contributed by atoms with Crippen LogP contribution in [0, 0.1) is 22.7 Å². The molecule has 0 atom stereocenters. The highest BCUT2D eigenvalue weighted by Crippen LogP contribution is 2.25. The predicted molar refractivity (Wildman–Crippen MR) is 48.0 cm³/mol. The van der Waals surface area contributed by atoms with Gasteiger partial charge in [0.15, 0.2) is 0 Å². The summed E-state index contributed by atoms with van der Waals surface area (Å²) in [5.41, 5.74) is 0.881. The van der Waals surface area contributed by atoms with Gasteiger partial charge in [-0.15, -0.1) is 0 Å². The number of hydrogen-bond acceptors (Lipinski definition) is 1. The number of nitriles is 1. The third-order valence-electron chi connectivity index (χ3n) is 1.43. The first-order chi connectivity index (χ1) is 4.88. The van der Waals surface area contributed by atoms with E-state index in [1.807, 2.05) is 6.08 Å². The second-order valence-electron chi connectivity index (χ2n) is 4.19. The first-order valence-corrected chi connectivity index (χ1v) is 4.00. The van der Waals surface area contributed by atoms with Gasteiger partial charge in [0.05, 0.1) is 6.07 Å². The Bertz CT molecular complexity index is 186. The molecule has 1 heteroatoms. The van der Waals surface area contributed by atoms with E-state index >= 15 is 0 Å². The standard InChI is InChI=1S/C10H17N/c1-8(2)6-9(7-11)10(3,4)5/h6,8H,1-5H3/b9-6+. The highest BCUT2D eigenvalue weighted by Gasteiger charge is 2.16. The molecule has 11 heavy (non-hydrogen) atoms. The molecule has 0 aliphatic heterocycles. The Morgan fingerprint density at radius 2 is 1.82 bits per heavy atom. The smallest absolute Gasteiger partial charge is 0.0949 e. The monoisotopic (exact) mass is 151 g/mol. The van der Waals surface area contributed by atoms with Crippen LogP contribution in [-0.2, 0) is 0 Å². The van der Waals surface area contributed by atoms with E-state index in [2.05, 4.69) is 40.7 Å². The van der Waals surface area contributed by atoms with E-state index < -0.39 is 0 Å². The zero-order valence-corrected chi connectivity index (χ0v) is 8.10. The van der Waals surface area contributed by atoms with Crippen LogP contribution < -0.4 is 0 Å². The zero-order chi connectivity index (χ0) is 9.07. The van der Waals surface area contributed by atoms with Crippen molar-refractivity contribution in [2.45, 2.75) is 34.6 Å². The Kier molecular flexibility index (Phi) is 3.32. The Balaban J connectivity index is 4.58. The van der Waals surface area contributed by atoms with Crippen LogP contribution in [0.3, 0.4) is 0 Å². The molecule has 0 aromatic rings. The second-order valence-corrected chi connectivity index (χ2v) is 4.19. The molecule has 0 aliphatic rings. The second kappa shape index (κ2) is 3.57. The van der Waals surface area contributed by atoms with Crippen LogP contribution in [0.5, 0.6) is 0 Å². The number of hydrogen-bond donors (Lipinski definition) is 0. The maximum atomic E-state index is 8.79. The normalized spacial score (nSPS) is 13.4. The quantitative estimate of drug-likeness (QED) is 0.528. The minimum absolute atomic E-state index is 0.000972. The lowest BCUT2D eigenvalue weighted by molar-refractivity contribution is 0.514. The molecule has 0 spiro atoms. The van der Waals surface area contributed by atoms with Crippen molar-refractivity contribution < 1.29 is 0 Å². The lowest BCUT2D eigenvalue weighted by Crippen LogP contribution is -2.08. The van der Waals surface area contributed by atoms with E-state index in [-0.39, 0.29) is 5.41 Å². The minimum atomic E-state index is -0.000972. The van der Waals surface area contributed by atoms with Gasteiger partial charge in [-0.25, -0.2) is 0 Å². The summed E-state index contributed by atoms with van der Waals surface area (Å²) in [4.78, 5) is 0. The van der Waals surface area contributed by atoms with E-state index in [1.165, 1.54) is 0 Å². The van der Waals surface area contributed by atoms with Crippen LogP contribution in [-0.4, -0.2) is 0 Å². The van der Waals surface area contributed by atoms with Crippen LogP contribution in [0.15, 0.2) is 11.6 Å². The van der Waals surface area contributed by atoms with E-state index in [1.54, 1.807) is 0 Å². The molecule has 0 bridgehead atoms. The molecule has 0 aromatic carbocycles. The molecule has 62 valence electrons. The SMILES string of the molecule is CC(C)/C=C(\C#N)C(C)(C)C. The lowest BCUT2D eigenvalue weighted by atomic mass is 9.85. The Morgan fingerprint density at radius 3 is 1.91 bits per heavy atom. The van der Waals surface area contributed by atoms with Crippen molar-refractivity contribution in [1.29, 1.82) is 5.26 Å². The molecular weight excluding hydrogens is 134 g/mol. The van der Waals surface area contributed by atoms with Crippen molar-refractivity contribution >= 4 is 0 Å². The Morgan fingerprint density at radius 1 is 1.36 bits per heavy atom. The fourth-order valence-electron chi connectivity index (χ4n) is 0.788. The summed E-state index contributed by atoms with van der Waals surface area (Å²) in [6, 6.07) is 2.23. The molecule has 0 unspecified atom stereocenters. The van der Waals surface area contributed by atoms with Gasteiger partial charge >= 0.3 is 0 Å². The van der Waals surface area contributed by atoms with Crippen molar-refractivity contribution in [2.75, 3.05) is 0 Å². The molecular formula is C10H17N. The summed E-state index contributed by atoms with van der Waals surface area (Å²) < 4.78 is 0. The molecule has 0 radical (unpaired) electrons. The maximum absolute atomic E-state index is 8.79. The summed E-state index contributed by atoms with van der Waals surface area (Å²) in [5.74, 6) is 0.462. The van der Waals surface area contributed by atoms with Gasteiger partial charge in [0.1, 0.15) is 0 Å². The maximum Gasteiger partial charge on any atom is 0.0949 e. The average molecular weight is 151 g/mol. The minimum Gasteiger partial charge on any atom is -0.193 e. The number of rotatable bonds is 1. The van der Waals surface area contributed by atoms with Gasteiger partial charge < -0.3 is 0 Å². The average Bonchev–Trinajstić information content (AvgIpc) is 1.79. The summed E-state index contributed by atoms with van der Waals surface area (Å²) in [6.07, 6.45) is 2.03. The van der Waals surface area contributed by atoms with Crippen molar-refractivity contribution in [1.82, 2.24) is 0 Å². The number of nitrogens with zero attached hydrogens (tertiary/aromatic N) is 1. The third-order valence-corrected chi connectivity index (χ3v) is 1.43. The van der Waals surface area contributed by atoms with Gasteiger partial charge in [-0.1, -0.05) is 40.7 Å². The summed E-state index contributed by atoms with van der Waals surface area (Å²) in [6.45, 7) is 10.4. The summed E-state index contributed by atoms with van der Waals surface area (Å²) in [7, 11) is 0. The van der Waals surface area contributed by atoms with Crippen molar-refractivity contribution in [2.24, 2.45) is 11.3 Å². The molecule has 0 N–H and O–H groups in total. The topological polar surface area (TPSA) is 23.8 Å². The molecule has 0 aliphatic carbocycles. The molecule has 0 heterocycles. The number of allylic oxidation sites excluding steroid dienone is 2. The van der Waals surface area contributed by atoms with Gasteiger partial charge in [0.25, 0.3) is 0 Å². The van der Waals surface area contributed by atoms with Crippen LogP contribution >= 0.6 is 0 Å². The van der Waals surface area contributed by atoms with Gasteiger partial charge in [-0.2, -0.15) is 5.26 Å². The van der Waals surface area contributed by atoms with Crippen LogP contribution in [0.25, 0.3) is 0 Å². The van der Waals surface area contributed by atoms with E-state index in [0.717, 1.165) is 5.57 Å². The van der Waals surface area contributed by atoms with Crippen LogP contribution in [0.4, 0.5) is 0 Å². The molecule has 0 saturated carbocycles. The van der Waals surface area contributed by atoms with Gasteiger partial charge in [0.2, 0.25) is 0 Å². The van der Waals surface area contributed by atoms with Crippen molar-refractivity contribution in [3.05, 3.63) is 11.6 Å². The van der Waals surface area contributed by atoms with E-state index in [4.69, 9.17) is 5.26 Å². The van der Waals surface area contributed by atoms with Gasteiger partial charge in [0, 0.05) is 5.57 Å². The van der Waals surface area contributed by atoms with Crippen LogP contribution in [0.1, 0.15) is 34.6 Å². The third kappa shape index (κ3) is 3.83. The molecule has 0 fully saturated rings. The largest absolute Gasteiger partial charge is 0.193 e. The summed E-state index contributed by atoms with van der Waals surface area (Å²) >= 11 is 0. The van der Waals surface area contributed by atoms with Crippen LogP contribution in [0.2, 0.25) is 0 Å². The zero-order valence-electron chi connectivity index (χ0n) is 8.10. The van der Waals surface area contributed by atoms with Crippen molar-refractivity contribution in [3.63, 3.8) is 0 Å². The van der Waals surface area contributed by atoms with E-state index in [9.17, 15) is 0 Å². The fraction of sp³-hybridized carbons (Fsp3) is 0.700. The summed E-state index contributed by atoms with van der Waals surface area (Å²) in [5, 5.41) is 8.79. The Hall–Kier alpha value is -0.770. The highest BCUT2D eigenvalue weighted by molar-refractivity contribution is 5.27. The van der Waals surface area contributed by atoms with Crippen molar-refractivity contribution in [3.8, 4) is 6.07 Å². The molecule has 0 saturated heterocycles. The van der Waals surface area contributed by atoms with E-state index in [0.29, 0.717) is 5.92 Å². The molecule has 0 rings (SSSR count). The van der Waals surface area contributed by atoms with Gasteiger partial charge in [-0.05, 0) is 11.3 Å². The molecule has 1 nitrogen and oxygen atoms in total. The molecule has 0 aromatic heterocycles. The lowest BCUT2D eigenvalue weighted by Gasteiger charge is -2.17. The Labute approximate surface area is 69.7 Å².